The number of nitrogens with zero attached hydrogens (tertiary/aromatic N) is 3. The molecule has 1 aromatic carbocycles. The monoisotopic (exact) mass is 288 g/mol. The molecule has 1 heterocycles. The Hall–Kier alpha value is -1.75. The average Bonchev–Trinajstić information content (AvgIpc) is 2.47. The van der Waals surface area contributed by atoms with Gasteiger partial charge in [-0.05, 0) is 37.8 Å². The van der Waals surface area contributed by atoms with Gasteiger partial charge in [0.15, 0.2) is 5.16 Å². The van der Waals surface area contributed by atoms with E-state index >= 15 is 0 Å². The van der Waals surface area contributed by atoms with Crippen LogP contribution in [0.25, 0.3) is 0 Å². The second-order valence-corrected chi connectivity index (χ2v) is 5.20. The average molecular weight is 288 g/mol. The fourth-order valence-electron chi connectivity index (χ4n) is 2.04. The van der Waals surface area contributed by atoms with Crippen molar-refractivity contribution in [3.05, 3.63) is 35.9 Å². The summed E-state index contributed by atoms with van der Waals surface area (Å²) in [6, 6.07) is 10.4. The van der Waals surface area contributed by atoms with E-state index in [0.717, 1.165) is 29.0 Å². The first kappa shape index (κ1) is 14.7. The normalized spacial score (nSPS) is 10.4. The Morgan fingerprint density at radius 1 is 1.25 bits per heavy atom. The van der Waals surface area contributed by atoms with Crippen LogP contribution in [0, 0.1) is 6.92 Å². The number of aryl methyl sites for hydroxylation is 1. The van der Waals surface area contributed by atoms with Gasteiger partial charge in [-0.15, -0.1) is 0 Å². The molecule has 0 aliphatic rings. The Kier molecular flexibility index (Phi) is 4.84. The fourth-order valence-corrected chi connectivity index (χ4v) is 2.42. The van der Waals surface area contributed by atoms with Crippen LogP contribution in [0.4, 0.5) is 17.3 Å². The van der Waals surface area contributed by atoms with Gasteiger partial charge in [0, 0.05) is 25.3 Å². The summed E-state index contributed by atoms with van der Waals surface area (Å²) in [5.74, 6) is 1.76. The number of benzene rings is 1. The predicted molar refractivity (Wildman–Crippen MR) is 87.2 cm³/mol. The van der Waals surface area contributed by atoms with Gasteiger partial charge in [-0.3, -0.25) is 0 Å². The number of nitrogens with one attached hydrogen (secondary N) is 1. The molecule has 0 unspecified atom stereocenters. The Labute approximate surface area is 124 Å². The lowest BCUT2D eigenvalue weighted by molar-refractivity contribution is 0.911. The molecule has 0 aliphatic carbocycles. The summed E-state index contributed by atoms with van der Waals surface area (Å²) < 4.78 is 0. The lowest BCUT2D eigenvalue weighted by atomic mass is 10.2. The Morgan fingerprint density at radius 3 is 2.65 bits per heavy atom. The van der Waals surface area contributed by atoms with Gasteiger partial charge >= 0.3 is 0 Å². The summed E-state index contributed by atoms with van der Waals surface area (Å²) in [5.41, 5.74) is 2.40. The summed E-state index contributed by atoms with van der Waals surface area (Å²) in [6.07, 6.45) is 1.99. The van der Waals surface area contributed by atoms with Crippen molar-refractivity contribution in [1.82, 2.24) is 9.97 Å². The van der Waals surface area contributed by atoms with E-state index in [1.54, 1.807) is 11.8 Å². The summed E-state index contributed by atoms with van der Waals surface area (Å²) in [5, 5.41) is 3.87. The Balaban J connectivity index is 2.45. The molecular weight excluding hydrogens is 268 g/mol. The van der Waals surface area contributed by atoms with E-state index in [9.17, 15) is 0 Å². The van der Waals surface area contributed by atoms with Crippen LogP contribution in [0.1, 0.15) is 12.5 Å². The third-order valence-corrected chi connectivity index (χ3v) is 3.58. The first-order chi connectivity index (χ1) is 9.67. The van der Waals surface area contributed by atoms with Crippen LogP contribution in [0.5, 0.6) is 0 Å². The molecule has 2 rings (SSSR count). The number of anilines is 3. The number of hydrogen-bond donors (Lipinski definition) is 1. The Bertz CT molecular complexity index is 564. The summed E-state index contributed by atoms with van der Waals surface area (Å²) >= 11 is 1.55. The highest BCUT2D eigenvalue weighted by atomic mass is 32.2. The first-order valence-electron chi connectivity index (χ1n) is 6.63. The molecule has 1 aromatic heterocycles. The van der Waals surface area contributed by atoms with Crippen LogP contribution < -0.4 is 10.2 Å². The van der Waals surface area contributed by atoms with Gasteiger partial charge in [-0.2, -0.15) is 0 Å². The lowest BCUT2D eigenvalue weighted by Gasteiger charge is -2.23. The van der Waals surface area contributed by atoms with Crippen molar-refractivity contribution < 1.29 is 0 Å². The molecule has 0 fully saturated rings. The number of thioether (sulfide) groups is 1. The third-order valence-electron chi connectivity index (χ3n) is 3.04. The van der Waals surface area contributed by atoms with E-state index in [1.165, 1.54) is 5.56 Å². The van der Waals surface area contributed by atoms with E-state index in [2.05, 4.69) is 58.3 Å². The highest BCUT2D eigenvalue weighted by molar-refractivity contribution is 7.98. The molecule has 0 bridgehead atoms. The minimum Gasteiger partial charge on any atom is -0.373 e. The van der Waals surface area contributed by atoms with Gasteiger partial charge in [-0.1, -0.05) is 23.9 Å². The zero-order chi connectivity index (χ0) is 14.5. The largest absolute Gasteiger partial charge is 0.373 e. The van der Waals surface area contributed by atoms with Crippen molar-refractivity contribution in [2.75, 3.05) is 30.1 Å². The highest BCUT2D eigenvalue weighted by Gasteiger charge is 2.12. The molecule has 2 aromatic rings. The number of hydrogen-bond acceptors (Lipinski definition) is 5. The van der Waals surface area contributed by atoms with Gasteiger partial charge in [0.05, 0.1) is 0 Å². The van der Waals surface area contributed by atoms with E-state index in [4.69, 9.17) is 0 Å². The van der Waals surface area contributed by atoms with Crippen molar-refractivity contribution in [1.29, 1.82) is 0 Å². The maximum absolute atomic E-state index is 4.61. The molecule has 0 amide bonds. The van der Waals surface area contributed by atoms with E-state index < -0.39 is 0 Å². The zero-order valence-electron chi connectivity index (χ0n) is 12.3. The quantitative estimate of drug-likeness (QED) is 0.671. The van der Waals surface area contributed by atoms with Crippen molar-refractivity contribution in [2.24, 2.45) is 0 Å². The maximum atomic E-state index is 4.61. The topological polar surface area (TPSA) is 41.0 Å². The fraction of sp³-hybridized carbons (Fsp3) is 0.333. The molecule has 0 atom stereocenters. The van der Waals surface area contributed by atoms with E-state index in [-0.39, 0.29) is 0 Å². The molecule has 5 heteroatoms. The van der Waals surface area contributed by atoms with Gasteiger partial charge in [0.1, 0.15) is 11.6 Å². The second kappa shape index (κ2) is 6.61. The minimum atomic E-state index is 0.776. The lowest BCUT2D eigenvalue weighted by Crippen LogP contribution is -2.18. The van der Waals surface area contributed by atoms with Crippen LogP contribution in [0.15, 0.2) is 35.5 Å². The molecule has 20 heavy (non-hydrogen) atoms. The molecule has 1 N–H and O–H groups in total. The van der Waals surface area contributed by atoms with E-state index in [1.807, 2.05) is 19.4 Å². The molecule has 106 valence electrons. The van der Waals surface area contributed by atoms with Crippen LogP contribution in [0.3, 0.4) is 0 Å². The molecule has 0 aliphatic heterocycles. The molecule has 0 radical (unpaired) electrons. The minimum absolute atomic E-state index is 0.776. The number of aromatic nitrogens is 2. The maximum Gasteiger partial charge on any atom is 0.191 e. The van der Waals surface area contributed by atoms with Crippen LogP contribution in [0.2, 0.25) is 0 Å². The standard InChI is InChI=1S/C15H20N4S/c1-5-19(12-8-6-7-11(2)9-12)14-10-13(16-3)17-15(18-14)20-4/h6-10H,5H2,1-4H3,(H,16,17,18). The van der Waals surface area contributed by atoms with Gasteiger partial charge < -0.3 is 10.2 Å². The first-order valence-corrected chi connectivity index (χ1v) is 7.85. The zero-order valence-corrected chi connectivity index (χ0v) is 13.2. The summed E-state index contributed by atoms with van der Waals surface area (Å²) in [7, 11) is 1.87. The third kappa shape index (κ3) is 3.22. The Morgan fingerprint density at radius 2 is 2.05 bits per heavy atom. The van der Waals surface area contributed by atoms with Gasteiger partial charge in [-0.25, -0.2) is 9.97 Å². The highest BCUT2D eigenvalue weighted by Crippen LogP contribution is 2.27. The molecular formula is C15H20N4S. The van der Waals surface area contributed by atoms with Crippen LogP contribution in [-0.4, -0.2) is 29.8 Å². The van der Waals surface area contributed by atoms with Crippen molar-refractivity contribution in [3.63, 3.8) is 0 Å². The van der Waals surface area contributed by atoms with Crippen molar-refractivity contribution in [2.45, 2.75) is 19.0 Å². The van der Waals surface area contributed by atoms with E-state index in [0.29, 0.717) is 0 Å². The SMILES string of the molecule is CCN(c1cccc(C)c1)c1cc(NC)nc(SC)n1. The van der Waals surface area contributed by atoms with Crippen LogP contribution >= 0.6 is 11.8 Å². The predicted octanol–water partition coefficient (Wildman–Crippen LogP) is 3.71. The second-order valence-electron chi connectivity index (χ2n) is 4.43. The molecule has 0 saturated carbocycles. The molecule has 4 nitrogen and oxygen atoms in total. The van der Waals surface area contributed by atoms with Gasteiger partial charge in [0.25, 0.3) is 0 Å². The summed E-state index contributed by atoms with van der Waals surface area (Å²) in [4.78, 5) is 11.2. The van der Waals surface area contributed by atoms with Crippen LogP contribution in [-0.2, 0) is 0 Å². The number of rotatable bonds is 5. The molecule has 0 saturated heterocycles. The van der Waals surface area contributed by atoms with Gasteiger partial charge in [0.2, 0.25) is 0 Å². The van der Waals surface area contributed by atoms with Crippen molar-refractivity contribution >= 4 is 29.1 Å². The summed E-state index contributed by atoms with van der Waals surface area (Å²) in [6.45, 7) is 5.09. The van der Waals surface area contributed by atoms with Crippen molar-refractivity contribution in [3.8, 4) is 0 Å². The smallest absolute Gasteiger partial charge is 0.191 e. The molecule has 0 spiro atoms.